The number of nitrogens with zero attached hydrogens (tertiary/aromatic N) is 1. The quantitative estimate of drug-likeness (QED) is 0.171. The molecule has 0 heterocycles. The van der Waals surface area contributed by atoms with Gasteiger partial charge in [0.2, 0.25) is 0 Å². The molecule has 8 heteroatoms. The SMILES string of the molecule is CC(C)(C)ON=Cc1ccc(CCCCOc2c(Cl)cc(OCC=C(Cl)Cl)cc2Cl)cc1. The monoisotopic (exact) mass is 517 g/mol. The number of benzene rings is 2. The summed E-state index contributed by atoms with van der Waals surface area (Å²) in [4.78, 5) is 5.36. The van der Waals surface area contributed by atoms with Gasteiger partial charge in [-0.15, -0.1) is 0 Å². The van der Waals surface area contributed by atoms with Gasteiger partial charge in [0.15, 0.2) is 5.75 Å². The van der Waals surface area contributed by atoms with Gasteiger partial charge in [0, 0.05) is 12.1 Å². The van der Waals surface area contributed by atoms with Gasteiger partial charge >= 0.3 is 0 Å². The number of oxime groups is 1. The Kier molecular flexibility index (Phi) is 11.0. The van der Waals surface area contributed by atoms with Crippen LogP contribution >= 0.6 is 46.4 Å². The molecule has 0 aliphatic carbocycles. The first-order valence-electron chi connectivity index (χ1n) is 10.2. The summed E-state index contributed by atoms with van der Waals surface area (Å²) in [7, 11) is 0. The van der Waals surface area contributed by atoms with E-state index >= 15 is 0 Å². The maximum Gasteiger partial charge on any atom is 0.156 e. The predicted molar refractivity (Wildman–Crippen MR) is 135 cm³/mol. The number of halogens is 4. The summed E-state index contributed by atoms with van der Waals surface area (Å²) in [6.45, 7) is 6.61. The molecule has 0 bridgehead atoms. The lowest BCUT2D eigenvalue weighted by Gasteiger charge is -2.14. The Morgan fingerprint density at radius 2 is 1.62 bits per heavy atom. The van der Waals surface area contributed by atoms with Gasteiger partial charge in [-0.05, 0) is 57.2 Å². The van der Waals surface area contributed by atoms with Crippen molar-refractivity contribution < 1.29 is 14.3 Å². The highest BCUT2D eigenvalue weighted by molar-refractivity contribution is 6.55. The number of aryl methyl sites for hydroxylation is 1. The Bertz CT molecular complexity index is 895. The van der Waals surface area contributed by atoms with E-state index in [1.165, 1.54) is 11.6 Å². The maximum absolute atomic E-state index is 6.28. The van der Waals surface area contributed by atoms with Crippen molar-refractivity contribution in [2.45, 2.75) is 45.6 Å². The van der Waals surface area contributed by atoms with Crippen LogP contribution in [0.15, 0.2) is 52.1 Å². The van der Waals surface area contributed by atoms with E-state index in [2.05, 4.69) is 17.3 Å². The van der Waals surface area contributed by atoms with Crippen molar-refractivity contribution in [1.29, 1.82) is 0 Å². The number of rotatable bonds is 11. The molecule has 0 radical (unpaired) electrons. The molecule has 0 aliphatic rings. The van der Waals surface area contributed by atoms with Crippen LogP contribution in [0.25, 0.3) is 0 Å². The number of hydrogen-bond acceptors (Lipinski definition) is 4. The minimum atomic E-state index is -0.292. The first kappa shape index (κ1) is 26.7. The zero-order chi connectivity index (χ0) is 23.6. The summed E-state index contributed by atoms with van der Waals surface area (Å²) in [5.74, 6) is 0.962. The van der Waals surface area contributed by atoms with Crippen molar-refractivity contribution >= 4 is 52.6 Å². The zero-order valence-electron chi connectivity index (χ0n) is 18.3. The molecule has 174 valence electrons. The van der Waals surface area contributed by atoms with E-state index < -0.39 is 0 Å². The molecule has 2 aromatic rings. The molecular formula is C24H27Cl4NO3. The third-order valence-electron chi connectivity index (χ3n) is 4.07. The highest BCUT2D eigenvalue weighted by Gasteiger charge is 2.11. The molecule has 4 nitrogen and oxygen atoms in total. The highest BCUT2D eigenvalue weighted by Crippen LogP contribution is 2.37. The molecule has 0 saturated heterocycles. The van der Waals surface area contributed by atoms with Crippen LogP contribution in [0.2, 0.25) is 10.0 Å². The summed E-state index contributed by atoms with van der Waals surface area (Å²) >= 11 is 23.7. The molecule has 0 saturated carbocycles. The third-order valence-corrected chi connectivity index (χ3v) is 4.94. The van der Waals surface area contributed by atoms with Crippen LogP contribution in [-0.4, -0.2) is 25.0 Å². The van der Waals surface area contributed by atoms with Gasteiger partial charge < -0.3 is 14.3 Å². The molecule has 0 N–H and O–H groups in total. The van der Waals surface area contributed by atoms with E-state index in [4.69, 9.17) is 60.7 Å². The Balaban J connectivity index is 1.75. The van der Waals surface area contributed by atoms with Gasteiger partial charge in [-0.3, -0.25) is 0 Å². The molecule has 0 spiro atoms. The molecule has 0 atom stereocenters. The van der Waals surface area contributed by atoms with E-state index in [0.717, 1.165) is 24.8 Å². The molecule has 32 heavy (non-hydrogen) atoms. The fourth-order valence-corrected chi connectivity index (χ4v) is 3.28. The zero-order valence-corrected chi connectivity index (χ0v) is 21.4. The van der Waals surface area contributed by atoms with E-state index in [1.54, 1.807) is 18.3 Å². The first-order chi connectivity index (χ1) is 15.1. The Labute approximate surface area is 210 Å². The minimum Gasteiger partial charge on any atom is -0.490 e. The van der Waals surface area contributed by atoms with Gasteiger partial charge in [0.25, 0.3) is 0 Å². The van der Waals surface area contributed by atoms with Crippen LogP contribution in [0.5, 0.6) is 11.5 Å². The highest BCUT2D eigenvalue weighted by atomic mass is 35.5. The topological polar surface area (TPSA) is 40.0 Å². The fourth-order valence-electron chi connectivity index (χ4n) is 2.58. The van der Waals surface area contributed by atoms with Gasteiger partial charge in [0.05, 0.1) is 22.9 Å². The van der Waals surface area contributed by atoms with Gasteiger partial charge in [0.1, 0.15) is 22.4 Å². The van der Waals surface area contributed by atoms with Crippen LogP contribution < -0.4 is 9.47 Å². The number of ether oxygens (including phenoxy) is 2. The Hall–Kier alpha value is -1.59. The Morgan fingerprint density at radius 3 is 2.22 bits per heavy atom. The summed E-state index contributed by atoms with van der Waals surface area (Å²) in [6, 6.07) is 11.5. The van der Waals surface area contributed by atoms with Crippen LogP contribution in [0.1, 0.15) is 44.7 Å². The number of hydrogen-bond donors (Lipinski definition) is 0. The van der Waals surface area contributed by atoms with Gasteiger partial charge in [-0.1, -0.05) is 75.8 Å². The molecule has 2 rings (SSSR count). The number of unbranched alkanes of at least 4 members (excludes halogenated alkanes) is 1. The van der Waals surface area contributed by atoms with Crippen molar-refractivity contribution in [2.75, 3.05) is 13.2 Å². The average molecular weight is 519 g/mol. The maximum atomic E-state index is 6.28. The summed E-state index contributed by atoms with van der Waals surface area (Å²) in [6.07, 6.45) is 6.04. The second-order valence-corrected chi connectivity index (χ2v) is 9.83. The normalized spacial score (nSPS) is 11.5. The van der Waals surface area contributed by atoms with E-state index in [0.29, 0.717) is 28.2 Å². The smallest absolute Gasteiger partial charge is 0.156 e. The molecule has 0 aromatic heterocycles. The predicted octanol–water partition coefficient (Wildman–Crippen LogP) is 8.24. The Morgan fingerprint density at radius 1 is 0.969 bits per heavy atom. The van der Waals surface area contributed by atoms with Crippen LogP contribution in [0.3, 0.4) is 0 Å². The fraction of sp³-hybridized carbons (Fsp3) is 0.375. The lowest BCUT2D eigenvalue weighted by molar-refractivity contribution is 0.00199. The lowest BCUT2D eigenvalue weighted by atomic mass is 10.1. The van der Waals surface area contributed by atoms with Crippen molar-refractivity contribution in [3.8, 4) is 11.5 Å². The third kappa shape index (κ3) is 10.4. The van der Waals surface area contributed by atoms with Crippen molar-refractivity contribution in [3.05, 3.63) is 68.1 Å². The second kappa shape index (κ2) is 13.2. The summed E-state index contributed by atoms with van der Waals surface area (Å²) in [5, 5.41) is 4.79. The van der Waals surface area contributed by atoms with E-state index in [1.807, 2.05) is 32.9 Å². The summed E-state index contributed by atoms with van der Waals surface area (Å²) < 4.78 is 11.4. The van der Waals surface area contributed by atoms with Gasteiger partial charge in [-0.2, -0.15) is 0 Å². The van der Waals surface area contributed by atoms with Crippen molar-refractivity contribution in [3.63, 3.8) is 0 Å². The molecule has 0 aliphatic heterocycles. The van der Waals surface area contributed by atoms with Crippen molar-refractivity contribution in [2.24, 2.45) is 5.16 Å². The molecule has 2 aromatic carbocycles. The molecule has 0 amide bonds. The molecular weight excluding hydrogens is 492 g/mol. The average Bonchev–Trinajstić information content (AvgIpc) is 2.69. The molecule has 0 fully saturated rings. The van der Waals surface area contributed by atoms with Crippen LogP contribution in [-0.2, 0) is 11.3 Å². The summed E-state index contributed by atoms with van der Waals surface area (Å²) in [5.41, 5.74) is 1.96. The lowest BCUT2D eigenvalue weighted by Crippen LogP contribution is -2.15. The van der Waals surface area contributed by atoms with Crippen LogP contribution in [0, 0.1) is 0 Å². The van der Waals surface area contributed by atoms with E-state index in [-0.39, 0.29) is 16.7 Å². The molecule has 0 unspecified atom stereocenters. The van der Waals surface area contributed by atoms with E-state index in [9.17, 15) is 0 Å². The first-order valence-corrected chi connectivity index (χ1v) is 11.7. The standard InChI is InChI=1S/C24H27Cl4NO3/c1-24(2,3)32-29-16-18-9-7-17(8-10-18)6-4-5-12-31-23-20(25)14-19(15-21(23)26)30-13-11-22(27)28/h7-11,14-16H,4-6,12-13H2,1-3H3. The van der Waals surface area contributed by atoms with Gasteiger partial charge in [-0.25, -0.2) is 0 Å². The van der Waals surface area contributed by atoms with Crippen molar-refractivity contribution in [1.82, 2.24) is 0 Å². The van der Waals surface area contributed by atoms with Crippen LogP contribution in [0.4, 0.5) is 0 Å². The minimum absolute atomic E-state index is 0.137. The second-order valence-electron chi connectivity index (χ2n) is 8.01. The largest absolute Gasteiger partial charge is 0.490 e.